The summed E-state index contributed by atoms with van der Waals surface area (Å²) in [5, 5.41) is 2.84. The van der Waals surface area contributed by atoms with Gasteiger partial charge in [-0.05, 0) is 30.3 Å². The molecule has 1 heterocycles. The van der Waals surface area contributed by atoms with Gasteiger partial charge in [-0.1, -0.05) is 12.0 Å². The van der Waals surface area contributed by atoms with Crippen LogP contribution in [0.4, 0.5) is 5.69 Å². The zero-order valence-electron chi connectivity index (χ0n) is 11.3. The van der Waals surface area contributed by atoms with Crippen LogP contribution in [0.2, 0.25) is 0 Å². The Bertz CT molecular complexity index is 638. The highest BCUT2D eigenvalue weighted by molar-refractivity contribution is 6.03. The molecule has 0 atom stereocenters. The first-order valence-electron chi connectivity index (χ1n) is 6.26. The third kappa shape index (κ3) is 3.28. The smallest absolute Gasteiger partial charge is 0.272 e. The van der Waals surface area contributed by atoms with Crippen molar-refractivity contribution in [2.24, 2.45) is 0 Å². The molecule has 1 amide bonds. The highest BCUT2D eigenvalue weighted by Gasteiger charge is 2.10. The summed E-state index contributed by atoms with van der Waals surface area (Å²) in [6.07, 6.45) is 7.20. The van der Waals surface area contributed by atoms with Gasteiger partial charge in [0, 0.05) is 31.1 Å². The summed E-state index contributed by atoms with van der Waals surface area (Å²) in [7, 11) is 1.63. The number of carbonyl (C=O) groups is 1. The minimum atomic E-state index is -0.166. The number of benzene rings is 1. The largest absolute Gasteiger partial charge is 0.383 e. The molecule has 102 valence electrons. The number of hydrogen-bond donors (Lipinski definition) is 1. The second kappa shape index (κ2) is 6.60. The molecule has 0 bridgehead atoms. The van der Waals surface area contributed by atoms with Gasteiger partial charge in [0.05, 0.1) is 6.61 Å². The Labute approximate surface area is 118 Å². The Morgan fingerprint density at radius 2 is 2.25 bits per heavy atom. The zero-order valence-corrected chi connectivity index (χ0v) is 11.3. The number of ether oxygens (including phenoxy) is 1. The molecule has 2 aromatic rings. The van der Waals surface area contributed by atoms with Crippen LogP contribution in [0.1, 0.15) is 16.1 Å². The lowest BCUT2D eigenvalue weighted by Crippen LogP contribution is -2.18. The van der Waals surface area contributed by atoms with Gasteiger partial charge < -0.3 is 14.6 Å². The van der Waals surface area contributed by atoms with Crippen LogP contribution in [0.15, 0.2) is 42.6 Å². The molecule has 1 aromatic carbocycles. The Morgan fingerprint density at radius 3 is 3.00 bits per heavy atom. The van der Waals surface area contributed by atoms with E-state index in [1.807, 2.05) is 29.0 Å². The molecule has 2 rings (SSSR count). The van der Waals surface area contributed by atoms with Gasteiger partial charge in [0.25, 0.3) is 5.91 Å². The molecule has 4 nitrogen and oxygen atoms in total. The fourth-order valence-corrected chi connectivity index (χ4v) is 1.89. The normalized spacial score (nSPS) is 10.0. The van der Waals surface area contributed by atoms with Gasteiger partial charge >= 0.3 is 0 Å². The molecular formula is C16H16N2O2. The minimum absolute atomic E-state index is 0.166. The maximum absolute atomic E-state index is 12.2. The van der Waals surface area contributed by atoms with Crippen LogP contribution in [0, 0.1) is 12.3 Å². The SMILES string of the molecule is C#Cc1cccc(NC(=O)c2cccn2CCOC)c1. The van der Waals surface area contributed by atoms with Gasteiger partial charge in [0.2, 0.25) is 0 Å². The van der Waals surface area contributed by atoms with E-state index in [0.717, 1.165) is 5.56 Å². The van der Waals surface area contributed by atoms with Gasteiger partial charge in [-0.2, -0.15) is 0 Å². The number of hydrogen-bond acceptors (Lipinski definition) is 2. The van der Waals surface area contributed by atoms with Crippen LogP contribution in [-0.4, -0.2) is 24.2 Å². The van der Waals surface area contributed by atoms with Crippen molar-refractivity contribution in [2.45, 2.75) is 6.54 Å². The monoisotopic (exact) mass is 268 g/mol. The van der Waals surface area contributed by atoms with E-state index in [-0.39, 0.29) is 5.91 Å². The Balaban J connectivity index is 2.12. The van der Waals surface area contributed by atoms with Crippen LogP contribution in [-0.2, 0) is 11.3 Å². The van der Waals surface area contributed by atoms with Crippen LogP contribution in [0.25, 0.3) is 0 Å². The Morgan fingerprint density at radius 1 is 1.40 bits per heavy atom. The molecule has 20 heavy (non-hydrogen) atoms. The number of terminal acetylenes is 1. The molecule has 0 aliphatic rings. The van der Waals surface area contributed by atoms with E-state index in [4.69, 9.17) is 11.2 Å². The van der Waals surface area contributed by atoms with Gasteiger partial charge in [0.1, 0.15) is 5.69 Å². The molecule has 4 heteroatoms. The average Bonchev–Trinajstić information content (AvgIpc) is 2.93. The second-order valence-electron chi connectivity index (χ2n) is 4.26. The van der Waals surface area contributed by atoms with Crippen LogP contribution in [0.5, 0.6) is 0 Å². The summed E-state index contributed by atoms with van der Waals surface area (Å²) in [6.45, 7) is 1.19. The van der Waals surface area contributed by atoms with Crippen molar-refractivity contribution in [1.82, 2.24) is 4.57 Å². The molecule has 0 aliphatic heterocycles. The molecule has 0 spiro atoms. The molecule has 0 saturated heterocycles. The van der Waals surface area contributed by atoms with Crippen molar-refractivity contribution in [3.8, 4) is 12.3 Å². The average molecular weight is 268 g/mol. The number of methoxy groups -OCH3 is 1. The topological polar surface area (TPSA) is 43.3 Å². The number of nitrogens with one attached hydrogen (secondary N) is 1. The summed E-state index contributed by atoms with van der Waals surface area (Å²) in [5.41, 5.74) is 2.01. The van der Waals surface area contributed by atoms with Crippen LogP contribution in [0.3, 0.4) is 0 Å². The second-order valence-corrected chi connectivity index (χ2v) is 4.26. The zero-order chi connectivity index (χ0) is 14.4. The van der Waals surface area contributed by atoms with Gasteiger partial charge in [-0.25, -0.2) is 0 Å². The minimum Gasteiger partial charge on any atom is -0.383 e. The van der Waals surface area contributed by atoms with E-state index in [1.165, 1.54) is 0 Å². The molecule has 0 unspecified atom stereocenters. The van der Waals surface area contributed by atoms with E-state index in [0.29, 0.717) is 24.5 Å². The highest BCUT2D eigenvalue weighted by Crippen LogP contribution is 2.12. The molecular weight excluding hydrogens is 252 g/mol. The highest BCUT2D eigenvalue weighted by atomic mass is 16.5. The number of anilines is 1. The fourth-order valence-electron chi connectivity index (χ4n) is 1.89. The Kier molecular flexibility index (Phi) is 4.59. The van der Waals surface area contributed by atoms with E-state index in [9.17, 15) is 4.79 Å². The number of aromatic nitrogens is 1. The van der Waals surface area contributed by atoms with Crippen molar-refractivity contribution >= 4 is 11.6 Å². The molecule has 1 aromatic heterocycles. The predicted molar refractivity (Wildman–Crippen MR) is 78.6 cm³/mol. The molecule has 0 fully saturated rings. The fraction of sp³-hybridized carbons (Fsp3) is 0.188. The van der Waals surface area contributed by atoms with Crippen molar-refractivity contribution in [1.29, 1.82) is 0 Å². The summed E-state index contributed by atoms with van der Waals surface area (Å²) in [4.78, 5) is 12.2. The molecule has 0 radical (unpaired) electrons. The number of carbonyl (C=O) groups excluding carboxylic acids is 1. The van der Waals surface area contributed by atoms with Crippen molar-refractivity contribution < 1.29 is 9.53 Å². The lowest BCUT2D eigenvalue weighted by Gasteiger charge is -2.09. The first kappa shape index (κ1) is 13.9. The van der Waals surface area contributed by atoms with E-state index < -0.39 is 0 Å². The summed E-state index contributed by atoms with van der Waals surface area (Å²) in [6, 6.07) is 10.8. The van der Waals surface area contributed by atoms with E-state index >= 15 is 0 Å². The number of rotatable bonds is 5. The lowest BCUT2D eigenvalue weighted by atomic mass is 10.2. The first-order chi connectivity index (χ1) is 9.74. The summed E-state index contributed by atoms with van der Waals surface area (Å²) in [5.74, 6) is 2.38. The van der Waals surface area contributed by atoms with E-state index in [1.54, 1.807) is 25.3 Å². The van der Waals surface area contributed by atoms with Crippen LogP contribution >= 0.6 is 0 Å². The van der Waals surface area contributed by atoms with Gasteiger partial charge in [-0.15, -0.1) is 6.42 Å². The molecule has 1 N–H and O–H groups in total. The Hall–Kier alpha value is -2.51. The lowest BCUT2D eigenvalue weighted by molar-refractivity contribution is 0.101. The third-order valence-electron chi connectivity index (χ3n) is 2.89. The van der Waals surface area contributed by atoms with E-state index in [2.05, 4.69) is 11.2 Å². The standard InChI is InChI=1S/C16H16N2O2/c1-3-13-6-4-7-14(12-13)17-16(19)15-8-5-9-18(15)10-11-20-2/h1,4-9,12H,10-11H2,2H3,(H,17,19). The predicted octanol–water partition coefficient (Wildman–Crippen LogP) is 2.37. The van der Waals surface area contributed by atoms with Crippen molar-refractivity contribution in [3.63, 3.8) is 0 Å². The summed E-state index contributed by atoms with van der Waals surface area (Å²) >= 11 is 0. The van der Waals surface area contributed by atoms with Gasteiger partial charge in [-0.3, -0.25) is 4.79 Å². The summed E-state index contributed by atoms with van der Waals surface area (Å²) < 4.78 is 6.87. The molecule has 0 aliphatic carbocycles. The maximum atomic E-state index is 12.2. The van der Waals surface area contributed by atoms with Crippen molar-refractivity contribution in [2.75, 3.05) is 19.0 Å². The number of nitrogens with zero attached hydrogens (tertiary/aromatic N) is 1. The van der Waals surface area contributed by atoms with Crippen molar-refractivity contribution in [3.05, 3.63) is 53.9 Å². The first-order valence-corrected chi connectivity index (χ1v) is 6.26. The van der Waals surface area contributed by atoms with Crippen LogP contribution < -0.4 is 5.32 Å². The maximum Gasteiger partial charge on any atom is 0.272 e. The van der Waals surface area contributed by atoms with Gasteiger partial charge in [0.15, 0.2) is 0 Å². The third-order valence-corrected chi connectivity index (χ3v) is 2.89. The number of amides is 1. The quantitative estimate of drug-likeness (QED) is 0.846. The molecule has 0 saturated carbocycles.